The molecule has 4 rings (SSSR count). The third kappa shape index (κ3) is 3.61. The first kappa shape index (κ1) is 17.8. The van der Waals surface area contributed by atoms with E-state index in [2.05, 4.69) is 11.4 Å². The van der Waals surface area contributed by atoms with E-state index in [-0.39, 0.29) is 23.7 Å². The smallest absolute Gasteiger partial charge is 0.230 e. The van der Waals surface area contributed by atoms with E-state index in [0.717, 1.165) is 55.6 Å². The van der Waals surface area contributed by atoms with E-state index in [1.807, 2.05) is 54.3 Å². The zero-order valence-corrected chi connectivity index (χ0v) is 15.8. The molecule has 1 aliphatic heterocycles. The zero-order valence-electron chi connectivity index (χ0n) is 15.8. The molecule has 1 aliphatic carbocycles. The summed E-state index contributed by atoms with van der Waals surface area (Å²) in [5.41, 5.74) is 4.20. The lowest BCUT2D eigenvalue weighted by molar-refractivity contribution is -0.132. The van der Waals surface area contributed by atoms with Gasteiger partial charge in [0, 0.05) is 23.8 Å². The molecule has 0 aromatic heterocycles. The molecule has 4 nitrogen and oxygen atoms in total. The molecule has 4 heteroatoms. The third-order valence-corrected chi connectivity index (χ3v) is 5.89. The normalized spacial score (nSPS) is 21.6. The number of hydrogen-bond acceptors (Lipinski definition) is 2. The first-order chi connectivity index (χ1) is 13.1. The first-order valence-electron chi connectivity index (χ1n) is 9.90. The second kappa shape index (κ2) is 7.55. The minimum Gasteiger partial charge on any atom is -0.326 e. The van der Waals surface area contributed by atoms with E-state index >= 15 is 0 Å². The topological polar surface area (TPSA) is 49.4 Å². The number of para-hydroxylation sites is 1. The lowest BCUT2D eigenvalue weighted by Gasteiger charge is -2.32. The largest absolute Gasteiger partial charge is 0.326 e. The monoisotopic (exact) mass is 362 g/mol. The number of rotatable bonds is 3. The van der Waals surface area contributed by atoms with Crippen LogP contribution in [0.3, 0.4) is 0 Å². The van der Waals surface area contributed by atoms with Crippen molar-refractivity contribution in [1.82, 2.24) is 0 Å². The van der Waals surface area contributed by atoms with Crippen molar-refractivity contribution in [3.05, 3.63) is 59.7 Å². The average molecular weight is 362 g/mol. The zero-order chi connectivity index (χ0) is 18.8. The van der Waals surface area contributed by atoms with Gasteiger partial charge in [0.1, 0.15) is 0 Å². The van der Waals surface area contributed by atoms with Crippen LogP contribution in [-0.2, 0) is 16.0 Å². The highest BCUT2D eigenvalue weighted by molar-refractivity contribution is 6.02. The van der Waals surface area contributed by atoms with Crippen molar-refractivity contribution >= 4 is 23.2 Å². The Kier molecular flexibility index (Phi) is 4.97. The molecular weight excluding hydrogens is 336 g/mol. The van der Waals surface area contributed by atoms with Gasteiger partial charge in [-0.25, -0.2) is 0 Å². The molecule has 2 aliphatic rings. The van der Waals surface area contributed by atoms with Crippen LogP contribution < -0.4 is 10.2 Å². The van der Waals surface area contributed by atoms with Gasteiger partial charge < -0.3 is 10.2 Å². The third-order valence-electron chi connectivity index (χ3n) is 5.89. The van der Waals surface area contributed by atoms with Gasteiger partial charge in [-0.3, -0.25) is 9.59 Å². The first-order valence-corrected chi connectivity index (χ1v) is 9.90. The fourth-order valence-corrected chi connectivity index (χ4v) is 4.38. The molecule has 1 heterocycles. The van der Waals surface area contributed by atoms with Gasteiger partial charge in [-0.05, 0) is 49.9 Å². The van der Waals surface area contributed by atoms with Crippen molar-refractivity contribution in [3.8, 4) is 0 Å². The van der Waals surface area contributed by atoms with Crippen LogP contribution in [0, 0.1) is 18.8 Å². The van der Waals surface area contributed by atoms with Crippen LogP contribution in [-0.4, -0.2) is 18.4 Å². The molecule has 1 N–H and O–H groups in total. The Morgan fingerprint density at radius 1 is 0.963 bits per heavy atom. The number of anilines is 2. The molecule has 140 valence electrons. The number of aryl methyl sites for hydroxylation is 1. The van der Waals surface area contributed by atoms with Crippen molar-refractivity contribution in [2.24, 2.45) is 11.8 Å². The van der Waals surface area contributed by atoms with E-state index in [1.54, 1.807) is 0 Å². The second-order valence-corrected chi connectivity index (χ2v) is 7.72. The van der Waals surface area contributed by atoms with Gasteiger partial charge in [0.2, 0.25) is 11.8 Å². The Morgan fingerprint density at radius 2 is 1.67 bits per heavy atom. The summed E-state index contributed by atoms with van der Waals surface area (Å²) >= 11 is 0. The number of carbonyl (C=O) groups excluding carboxylic acids is 2. The summed E-state index contributed by atoms with van der Waals surface area (Å²) in [6.45, 7) is 2.75. The van der Waals surface area contributed by atoms with E-state index in [0.29, 0.717) is 0 Å². The van der Waals surface area contributed by atoms with Crippen LogP contribution in [0.15, 0.2) is 48.5 Å². The summed E-state index contributed by atoms with van der Waals surface area (Å²) in [4.78, 5) is 28.2. The molecular formula is C23H26N2O2. The maximum Gasteiger partial charge on any atom is 0.230 e. The lowest BCUT2D eigenvalue weighted by atomic mass is 9.77. The van der Waals surface area contributed by atoms with Crippen molar-refractivity contribution in [3.63, 3.8) is 0 Å². The van der Waals surface area contributed by atoms with Gasteiger partial charge in [0.05, 0.1) is 5.92 Å². The number of hydrogen-bond donors (Lipinski definition) is 1. The summed E-state index contributed by atoms with van der Waals surface area (Å²) in [5, 5.41) is 3.02. The van der Waals surface area contributed by atoms with Gasteiger partial charge in [0.25, 0.3) is 0 Å². The quantitative estimate of drug-likeness (QED) is 0.883. The fourth-order valence-electron chi connectivity index (χ4n) is 4.38. The summed E-state index contributed by atoms with van der Waals surface area (Å²) in [5.74, 6) is -0.385. The Morgan fingerprint density at radius 3 is 2.44 bits per heavy atom. The predicted octanol–water partition coefficient (Wildman–Crippen LogP) is 4.33. The molecule has 1 fully saturated rings. The molecule has 0 spiro atoms. The van der Waals surface area contributed by atoms with Crippen LogP contribution in [0.2, 0.25) is 0 Å². The van der Waals surface area contributed by atoms with Gasteiger partial charge in [-0.1, -0.05) is 48.7 Å². The van der Waals surface area contributed by atoms with E-state index in [4.69, 9.17) is 0 Å². The van der Waals surface area contributed by atoms with E-state index < -0.39 is 0 Å². The highest BCUT2D eigenvalue weighted by Gasteiger charge is 2.39. The van der Waals surface area contributed by atoms with Crippen molar-refractivity contribution in [2.75, 3.05) is 16.8 Å². The average Bonchev–Trinajstić information content (AvgIpc) is 3.13. The molecule has 2 atom stereocenters. The van der Waals surface area contributed by atoms with Crippen molar-refractivity contribution < 1.29 is 9.59 Å². The van der Waals surface area contributed by atoms with Crippen LogP contribution >= 0.6 is 0 Å². The number of nitrogens with one attached hydrogen (secondary N) is 1. The number of fused-ring (bicyclic) bond motifs is 1. The molecule has 0 saturated heterocycles. The van der Waals surface area contributed by atoms with E-state index in [9.17, 15) is 9.59 Å². The molecule has 2 aromatic carbocycles. The maximum atomic E-state index is 13.3. The van der Waals surface area contributed by atoms with Gasteiger partial charge in [-0.2, -0.15) is 0 Å². The molecule has 0 radical (unpaired) electrons. The highest BCUT2D eigenvalue weighted by Crippen LogP contribution is 2.36. The molecule has 2 aromatic rings. The number of amides is 2. The molecule has 2 amide bonds. The highest BCUT2D eigenvalue weighted by atomic mass is 16.2. The minimum atomic E-state index is -0.250. The number of nitrogens with zero attached hydrogens (tertiary/aromatic N) is 1. The molecule has 0 bridgehead atoms. The Hall–Kier alpha value is -2.62. The van der Waals surface area contributed by atoms with Crippen LogP contribution in [0.4, 0.5) is 11.4 Å². The SMILES string of the molecule is Cc1ccc(NC(=O)C2CCCCC2C(=O)N2CCc3ccccc32)cc1. The Labute approximate surface area is 160 Å². The second-order valence-electron chi connectivity index (χ2n) is 7.72. The van der Waals surface area contributed by atoms with Crippen LogP contribution in [0.1, 0.15) is 36.8 Å². The van der Waals surface area contributed by atoms with Gasteiger partial charge in [0.15, 0.2) is 0 Å². The van der Waals surface area contributed by atoms with Crippen LogP contribution in [0.5, 0.6) is 0 Å². The summed E-state index contributed by atoms with van der Waals surface area (Å²) in [7, 11) is 0. The molecule has 27 heavy (non-hydrogen) atoms. The summed E-state index contributed by atoms with van der Waals surface area (Å²) in [6, 6.07) is 15.9. The van der Waals surface area contributed by atoms with Gasteiger partial charge >= 0.3 is 0 Å². The maximum absolute atomic E-state index is 13.3. The molecule has 1 saturated carbocycles. The van der Waals surface area contributed by atoms with Crippen molar-refractivity contribution in [1.29, 1.82) is 0 Å². The van der Waals surface area contributed by atoms with Crippen LogP contribution in [0.25, 0.3) is 0 Å². The molecule has 2 unspecified atom stereocenters. The Bertz CT molecular complexity index is 844. The predicted molar refractivity (Wildman–Crippen MR) is 108 cm³/mol. The minimum absolute atomic E-state index is 0.0237. The lowest BCUT2D eigenvalue weighted by Crippen LogP contribution is -2.43. The van der Waals surface area contributed by atoms with Crippen molar-refractivity contribution in [2.45, 2.75) is 39.0 Å². The summed E-state index contributed by atoms with van der Waals surface area (Å²) in [6.07, 6.45) is 4.49. The fraction of sp³-hybridized carbons (Fsp3) is 0.391. The summed E-state index contributed by atoms with van der Waals surface area (Å²) < 4.78 is 0. The van der Waals surface area contributed by atoms with Gasteiger partial charge in [-0.15, -0.1) is 0 Å². The number of carbonyl (C=O) groups is 2. The van der Waals surface area contributed by atoms with E-state index in [1.165, 1.54) is 5.56 Å². The Balaban J connectivity index is 1.51. The number of benzene rings is 2. The standard InChI is InChI=1S/C23H26N2O2/c1-16-10-12-18(13-11-16)24-22(26)19-7-3-4-8-20(19)23(27)25-15-14-17-6-2-5-9-21(17)25/h2,5-6,9-13,19-20H,3-4,7-8,14-15H2,1H3,(H,24,26).